The first-order valence-corrected chi connectivity index (χ1v) is 4.01. The Kier molecular flexibility index (Phi) is 0.983. The molecule has 0 amide bonds. The summed E-state index contributed by atoms with van der Waals surface area (Å²) in [5.41, 5.74) is 4.39. The second-order valence-corrected chi connectivity index (χ2v) is 2.97. The quantitative estimate of drug-likeness (QED) is 0.602. The minimum atomic E-state index is 0.933. The lowest BCUT2D eigenvalue weighted by molar-refractivity contribution is 0.959. The number of benzene rings is 1. The second-order valence-electron chi connectivity index (χ2n) is 2.97. The van der Waals surface area contributed by atoms with Crippen LogP contribution in [0.25, 0.3) is 11.0 Å². The van der Waals surface area contributed by atoms with Crippen molar-refractivity contribution in [2.75, 3.05) is 11.9 Å². The van der Waals surface area contributed by atoms with Crippen molar-refractivity contribution in [3.05, 3.63) is 17.7 Å². The third kappa shape index (κ3) is 0.617. The van der Waals surface area contributed by atoms with Gasteiger partial charge < -0.3 is 5.32 Å². The summed E-state index contributed by atoms with van der Waals surface area (Å²) in [7, 11) is 0. The molecule has 1 aromatic heterocycles. The molecule has 0 fully saturated rings. The first-order chi connectivity index (χ1) is 5.95. The zero-order valence-electron chi connectivity index (χ0n) is 6.46. The Hall–Kier alpha value is -1.58. The monoisotopic (exact) mass is 160 g/mol. The highest BCUT2D eigenvalue weighted by Gasteiger charge is 2.14. The standard InChI is InChI=1S/C8H8N4/c1-2-6-8(11-12-10-6)7-5(1)3-4-9-7/h1-2,9H,3-4H2,(H,10,11,12). The van der Waals surface area contributed by atoms with Crippen LogP contribution in [0.2, 0.25) is 0 Å². The van der Waals surface area contributed by atoms with Crippen LogP contribution < -0.4 is 5.32 Å². The van der Waals surface area contributed by atoms with Gasteiger partial charge in [0, 0.05) is 6.54 Å². The van der Waals surface area contributed by atoms with E-state index in [4.69, 9.17) is 0 Å². The summed E-state index contributed by atoms with van der Waals surface area (Å²) in [5, 5.41) is 14.0. The molecule has 0 atom stereocenters. The topological polar surface area (TPSA) is 53.6 Å². The van der Waals surface area contributed by atoms with Gasteiger partial charge in [0.05, 0.1) is 5.69 Å². The van der Waals surface area contributed by atoms with Crippen molar-refractivity contribution < 1.29 is 0 Å². The van der Waals surface area contributed by atoms with Crippen LogP contribution >= 0.6 is 0 Å². The van der Waals surface area contributed by atoms with Crippen LogP contribution in [0.4, 0.5) is 5.69 Å². The van der Waals surface area contributed by atoms with E-state index in [-0.39, 0.29) is 0 Å². The number of nitrogens with one attached hydrogen (secondary N) is 2. The highest BCUT2D eigenvalue weighted by Crippen LogP contribution is 2.28. The van der Waals surface area contributed by atoms with Crippen LogP contribution in [0.3, 0.4) is 0 Å². The number of hydrogen-bond donors (Lipinski definition) is 2. The molecule has 60 valence electrons. The minimum Gasteiger partial charge on any atom is -0.383 e. The van der Waals surface area contributed by atoms with Gasteiger partial charge in [0.15, 0.2) is 0 Å². The molecule has 0 unspecified atom stereocenters. The molecule has 0 aliphatic carbocycles. The fourth-order valence-corrected chi connectivity index (χ4v) is 1.68. The summed E-state index contributed by atoms with van der Waals surface area (Å²) in [6.07, 6.45) is 1.10. The average molecular weight is 160 g/mol. The van der Waals surface area contributed by atoms with Gasteiger partial charge in [-0.15, -0.1) is 0 Å². The molecule has 4 nitrogen and oxygen atoms in total. The SMILES string of the molecule is c1cc2n[nH]nc2c2c1CCN2. The maximum absolute atomic E-state index is 4.09. The van der Waals surface area contributed by atoms with Gasteiger partial charge in [-0.05, 0) is 18.1 Å². The third-order valence-corrected chi connectivity index (χ3v) is 2.27. The number of rotatable bonds is 0. The van der Waals surface area contributed by atoms with Gasteiger partial charge in [0.2, 0.25) is 0 Å². The number of aromatic amines is 1. The Bertz CT molecular complexity index is 432. The van der Waals surface area contributed by atoms with Crippen molar-refractivity contribution in [3.8, 4) is 0 Å². The lowest BCUT2D eigenvalue weighted by Crippen LogP contribution is -1.91. The maximum atomic E-state index is 4.09. The molecule has 4 heteroatoms. The molecule has 1 aliphatic rings. The zero-order chi connectivity index (χ0) is 7.97. The van der Waals surface area contributed by atoms with E-state index in [9.17, 15) is 0 Å². The molecule has 2 N–H and O–H groups in total. The summed E-state index contributed by atoms with van der Waals surface area (Å²) in [5.74, 6) is 0. The van der Waals surface area contributed by atoms with Gasteiger partial charge >= 0.3 is 0 Å². The second kappa shape index (κ2) is 1.97. The Balaban J connectivity index is 2.46. The van der Waals surface area contributed by atoms with E-state index in [1.807, 2.05) is 6.07 Å². The molecule has 2 heterocycles. The van der Waals surface area contributed by atoms with Gasteiger partial charge in [0.25, 0.3) is 0 Å². The van der Waals surface area contributed by atoms with Gasteiger partial charge in [-0.2, -0.15) is 15.4 Å². The van der Waals surface area contributed by atoms with Crippen LogP contribution in [0.5, 0.6) is 0 Å². The molecule has 0 spiro atoms. The number of fused-ring (bicyclic) bond motifs is 3. The molecule has 1 aliphatic heterocycles. The Labute approximate surface area is 69.0 Å². The normalized spacial score (nSPS) is 14.7. The Morgan fingerprint density at radius 3 is 3.25 bits per heavy atom. The van der Waals surface area contributed by atoms with E-state index in [0.29, 0.717) is 0 Å². The van der Waals surface area contributed by atoms with Gasteiger partial charge in [-0.3, -0.25) is 0 Å². The molecule has 0 radical (unpaired) electrons. The van der Waals surface area contributed by atoms with Gasteiger partial charge in [-0.1, -0.05) is 6.07 Å². The molecular weight excluding hydrogens is 152 g/mol. The fourth-order valence-electron chi connectivity index (χ4n) is 1.68. The van der Waals surface area contributed by atoms with Crippen molar-refractivity contribution in [2.45, 2.75) is 6.42 Å². The van der Waals surface area contributed by atoms with Crippen LogP contribution in [0.15, 0.2) is 12.1 Å². The number of hydrogen-bond acceptors (Lipinski definition) is 3. The minimum absolute atomic E-state index is 0.933. The predicted octanol–water partition coefficient (Wildman–Crippen LogP) is 0.926. The maximum Gasteiger partial charge on any atom is 0.136 e. The van der Waals surface area contributed by atoms with Gasteiger partial charge in [-0.25, -0.2) is 0 Å². The van der Waals surface area contributed by atoms with E-state index in [1.165, 1.54) is 5.56 Å². The summed E-state index contributed by atoms with van der Waals surface area (Å²) in [6, 6.07) is 4.12. The van der Waals surface area contributed by atoms with E-state index < -0.39 is 0 Å². The zero-order valence-corrected chi connectivity index (χ0v) is 6.46. The molecule has 1 aromatic carbocycles. The predicted molar refractivity (Wildman–Crippen MR) is 46.1 cm³/mol. The Morgan fingerprint density at radius 2 is 2.25 bits per heavy atom. The van der Waals surface area contributed by atoms with Crippen molar-refractivity contribution in [1.29, 1.82) is 0 Å². The fraction of sp³-hybridized carbons (Fsp3) is 0.250. The van der Waals surface area contributed by atoms with E-state index in [0.717, 1.165) is 29.7 Å². The largest absolute Gasteiger partial charge is 0.383 e. The first kappa shape index (κ1) is 5.99. The highest BCUT2D eigenvalue weighted by atomic mass is 15.3. The smallest absolute Gasteiger partial charge is 0.136 e. The van der Waals surface area contributed by atoms with Crippen molar-refractivity contribution >= 4 is 16.7 Å². The average Bonchev–Trinajstić information content (AvgIpc) is 2.71. The summed E-state index contributed by atoms with van der Waals surface area (Å²) in [4.78, 5) is 0. The van der Waals surface area contributed by atoms with E-state index >= 15 is 0 Å². The molecule has 0 saturated carbocycles. The lowest BCUT2D eigenvalue weighted by Gasteiger charge is -1.97. The lowest BCUT2D eigenvalue weighted by atomic mass is 10.1. The number of nitrogens with zero attached hydrogens (tertiary/aromatic N) is 2. The molecule has 12 heavy (non-hydrogen) atoms. The van der Waals surface area contributed by atoms with Crippen molar-refractivity contribution in [2.24, 2.45) is 0 Å². The number of anilines is 1. The first-order valence-electron chi connectivity index (χ1n) is 4.01. The number of H-pyrrole nitrogens is 1. The Morgan fingerprint density at radius 1 is 1.25 bits per heavy atom. The third-order valence-electron chi connectivity index (χ3n) is 2.27. The summed E-state index contributed by atoms with van der Waals surface area (Å²) >= 11 is 0. The number of aromatic nitrogens is 3. The van der Waals surface area contributed by atoms with Crippen LogP contribution in [0, 0.1) is 0 Å². The molecule has 2 aromatic rings. The van der Waals surface area contributed by atoms with Crippen LogP contribution in [-0.4, -0.2) is 22.0 Å². The van der Waals surface area contributed by atoms with E-state index in [2.05, 4.69) is 26.8 Å². The van der Waals surface area contributed by atoms with Crippen molar-refractivity contribution in [1.82, 2.24) is 15.4 Å². The molecular formula is C8H8N4. The van der Waals surface area contributed by atoms with Gasteiger partial charge in [0.1, 0.15) is 11.0 Å². The summed E-state index contributed by atoms with van der Waals surface area (Å²) in [6.45, 7) is 1.02. The molecule has 0 saturated heterocycles. The van der Waals surface area contributed by atoms with Crippen LogP contribution in [0.1, 0.15) is 5.56 Å². The summed E-state index contributed by atoms with van der Waals surface area (Å²) < 4.78 is 0. The van der Waals surface area contributed by atoms with E-state index in [1.54, 1.807) is 0 Å². The highest BCUT2D eigenvalue weighted by molar-refractivity contribution is 5.90. The molecule has 3 rings (SSSR count). The van der Waals surface area contributed by atoms with Crippen LogP contribution in [-0.2, 0) is 6.42 Å². The van der Waals surface area contributed by atoms with Crippen molar-refractivity contribution in [3.63, 3.8) is 0 Å². The molecule has 0 bridgehead atoms.